The van der Waals surface area contributed by atoms with Crippen LogP contribution in [0.4, 0.5) is 5.69 Å². The molecular weight excluding hydrogens is 342 g/mol. The zero-order valence-electron chi connectivity index (χ0n) is 14.9. The lowest BCUT2D eigenvalue weighted by Gasteiger charge is -2.24. The highest BCUT2D eigenvalue weighted by atomic mass is 32.2. The lowest BCUT2D eigenvalue weighted by molar-refractivity contribution is -0.862. The van der Waals surface area contributed by atoms with Crippen molar-refractivity contribution >= 4 is 27.3 Å². The van der Waals surface area contributed by atoms with Crippen molar-refractivity contribution in [3.8, 4) is 0 Å². The Morgan fingerprint density at radius 3 is 2.44 bits per heavy atom. The highest BCUT2D eigenvalue weighted by Crippen LogP contribution is 2.16. The van der Waals surface area contributed by atoms with Gasteiger partial charge in [0, 0.05) is 18.8 Å². The van der Waals surface area contributed by atoms with E-state index in [0.717, 1.165) is 16.2 Å². The van der Waals surface area contributed by atoms with Crippen LogP contribution in [-0.4, -0.2) is 69.9 Å². The second-order valence-electron chi connectivity index (χ2n) is 6.79. The standard InChI is InChI=1S/C17H25N3O4S/c1-13-4-6-14(7-5-13)18-16(21)10-19(2)11-17(22)20(3)15-8-9-25(23,24)12-15/h4-7,15H,8-12H2,1-3H3,(H,18,21)/p+1/t15-/m0/s1. The molecule has 1 unspecified atom stereocenters. The average molecular weight is 368 g/mol. The third-order valence-electron chi connectivity index (χ3n) is 4.40. The van der Waals surface area contributed by atoms with Crippen LogP contribution in [0, 0.1) is 6.92 Å². The predicted molar refractivity (Wildman–Crippen MR) is 96.3 cm³/mol. The molecule has 138 valence electrons. The quantitative estimate of drug-likeness (QED) is 0.681. The first-order valence-corrected chi connectivity index (χ1v) is 10.1. The highest BCUT2D eigenvalue weighted by molar-refractivity contribution is 7.91. The number of quaternary nitrogens is 1. The van der Waals surface area contributed by atoms with Gasteiger partial charge in [-0.15, -0.1) is 0 Å². The number of nitrogens with one attached hydrogen (secondary N) is 2. The van der Waals surface area contributed by atoms with E-state index in [9.17, 15) is 18.0 Å². The van der Waals surface area contributed by atoms with Gasteiger partial charge in [-0.05, 0) is 25.5 Å². The summed E-state index contributed by atoms with van der Waals surface area (Å²) in [6.45, 7) is 2.28. The van der Waals surface area contributed by atoms with Gasteiger partial charge in [-0.2, -0.15) is 0 Å². The Morgan fingerprint density at radius 2 is 1.88 bits per heavy atom. The topological polar surface area (TPSA) is 88.0 Å². The van der Waals surface area contributed by atoms with Crippen molar-refractivity contribution < 1.29 is 22.9 Å². The molecule has 0 bridgehead atoms. The van der Waals surface area contributed by atoms with E-state index in [2.05, 4.69) is 5.32 Å². The van der Waals surface area contributed by atoms with E-state index in [-0.39, 0.29) is 42.5 Å². The Morgan fingerprint density at radius 1 is 1.24 bits per heavy atom. The molecule has 2 N–H and O–H groups in total. The first-order valence-electron chi connectivity index (χ1n) is 8.30. The molecule has 1 fully saturated rings. The monoisotopic (exact) mass is 368 g/mol. The van der Waals surface area contributed by atoms with E-state index in [1.807, 2.05) is 31.2 Å². The molecule has 1 aromatic carbocycles. The highest BCUT2D eigenvalue weighted by Gasteiger charge is 2.33. The number of carbonyl (C=O) groups excluding carboxylic acids is 2. The lowest BCUT2D eigenvalue weighted by atomic mass is 10.2. The molecule has 7 nitrogen and oxygen atoms in total. The number of carbonyl (C=O) groups is 2. The summed E-state index contributed by atoms with van der Waals surface area (Å²) in [5, 5.41) is 2.80. The minimum atomic E-state index is -3.02. The summed E-state index contributed by atoms with van der Waals surface area (Å²) in [6.07, 6.45) is 0.484. The molecule has 2 rings (SSSR count). The summed E-state index contributed by atoms with van der Waals surface area (Å²) in [7, 11) is 0.378. The van der Waals surface area contributed by atoms with E-state index in [1.54, 1.807) is 14.1 Å². The molecule has 1 heterocycles. The molecule has 2 atom stereocenters. The van der Waals surface area contributed by atoms with Crippen molar-refractivity contribution in [1.82, 2.24) is 4.90 Å². The maximum atomic E-state index is 12.3. The van der Waals surface area contributed by atoms with Crippen LogP contribution in [0.2, 0.25) is 0 Å². The fourth-order valence-electron chi connectivity index (χ4n) is 2.85. The third-order valence-corrected chi connectivity index (χ3v) is 6.15. The number of rotatable bonds is 6. The van der Waals surface area contributed by atoms with Gasteiger partial charge in [-0.3, -0.25) is 9.59 Å². The van der Waals surface area contributed by atoms with Gasteiger partial charge in [0.05, 0.1) is 18.6 Å². The van der Waals surface area contributed by atoms with Crippen molar-refractivity contribution in [2.45, 2.75) is 19.4 Å². The second-order valence-corrected chi connectivity index (χ2v) is 9.02. The number of hydrogen-bond donors (Lipinski definition) is 2. The van der Waals surface area contributed by atoms with Crippen molar-refractivity contribution in [2.24, 2.45) is 0 Å². The number of likely N-dealkylation sites (N-methyl/N-ethyl adjacent to an activating group) is 2. The first kappa shape index (κ1) is 19.4. The third kappa shape index (κ3) is 5.82. The minimum absolute atomic E-state index is 0.0300. The number of nitrogens with zero attached hydrogens (tertiary/aromatic N) is 1. The number of hydrogen-bond acceptors (Lipinski definition) is 4. The average Bonchev–Trinajstić information content (AvgIpc) is 2.88. The normalized spacial score (nSPS) is 20.0. The van der Waals surface area contributed by atoms with Crippen LogP contribution >= 0.6 is 0 Å². The maximum Gasteiger partial charge on any atom is 0.279 e. The van der Waals surface area contributed by atoms with Crippen LogP contribution in [0.3, 0.4) is 0 Å². The van der Waals surface area contributed by atoms with E-state index < -0.39 is 9.84 Å². The van der Waals surface area contributed by atoms with Gasteiger partial charge in [-0.25, -0.2) is 8.42 Å². The molecule has 0 spiro atoms. The van der Waals surface area contributed by atoms with E-state index >= 15 is 0 Å². The molecule has 0 saturated carbocycles. The van der Waals surface area contributed by atoms with Crippen molar-refractivity contribution in [2.75, 3.05) is 44.0 Å². The van der Waals surface area contributed by atoms with Crippen molar-refractivity contribution in [3.05, 3.63) is 29.8 Å². The lowest BCUT2D eigenvalue weighted by Crippen LogP contribution is -3.11. The molecule has 25 heavy (non-hydrogen) atoms. The predicted octanol–water partition coefficient (Wildman–Crippen LogP) is -0.906. The number of anilines is 1. The Labute approximate surface area is 148 Å². The zero-order valence-corrected chi connectivity index (χ0v) is 15.7. The fraction of sp³-hybridized carbons (Fsp3) is 0.529. The number of aryl methyl sites for hydroxylation is 1. The second kappa shape index (κ2) is 7.97. The summed E-state index contributed by atoms with van der Waals surface area (Å²) in [4.78, 5) is 26.6. The van der Waals surface area contributed by atoms with Gasteiger partial charge in [0.25, 0.3) is 11.8 Å². The molecule has 1 aliphatic heterocycles. The van der Waals surface area contributed by atoms with Crippen molar-refractivity contribution in [1.29, 1.82) is 0 Å². The molecule has 0 aromatic heterocycles. The van der Waals surface area contributed by atoms with E-state index in [0.29, 0.717) is 6.42 Å². The summed E-state index contributed by atoms with van der Waals surface area (Å²) >= 11 is 0. The number of benzene rings is 1. The molecular formula is C17H26N3O4S+. The first-order chi connectivity index (χ1) is 11.7. The largest absolute Gasteiger partial charge is 0.337 e. The van der Waals surface area contributed by atoms with Crippen LogP contribution in [0.25, 0.3) is 0 Å². The Hall–Kier alpha value is -1.93. The summed E-state index contributed by atoms with van der Waals surface area (Å²) in [5.41, 5.74) is 1.84. The van der Waals surface area contributed by atoms with Gasteiger partial charge >= 0.3 is 0 Å². The Bertz CT molecular complexity index is 731. The summed E-state index contributed by atoms with van der Waals surface area (Å²) in [5.74, 6) is -0.151. The molecule has 2 amide bonds. The maximum absolute atomic E-state index is 12.3. The number of sulfone groups is 1. The molecule has 8 heteroatoms. The van der Waals surface area contributed by atoms with Crippen LogP contribution in [0.15, 0.2) is 24.3 Å². The van der Waals surface area contributed by atoms with Crippen LogP contribution < -0.4 is 10.2 Å². The minimum Gasteiger partial charge on any atom is -0.337 e. The van der Waals surface area contributed by atoms with E-state index in [4.69, 9.17) is 0 Å². The fourth-order valence-corrected chi connectivity index (χ4v) is 4.62. The van der Waals surface area contributed by atoms with Gasteiger partial charge in [0.1, 0.15) is 0 Å². The van der Waals surface area contributed by atoms with Gasteiger partial charge in [-0.1, -0.05) is 17.7 Å². The Kier molecular flexibility index (Phi) is 6.18. The molecule has 0 radical (unpaired) electrons. The molecule has 1 aliphatic rings. The van der Waals surface area contributed by atoms with E-state index in [1.165, 1.54) is 4.90 Å². The number of amides is 2. The van der Waals surface area contributed by atoms with Crippen LogP contribution in [0.5, 0.6) is 0 Å². The van der Waals surface area contributed by atoms with Crippen LogP contribution in [0.1, 0.15) is 12.0 Å². The summed E-state index contributed by atoms with van der Waals surface area (Å²) in [6, 6.07) is 7.25. The van der Waals surface area contributed by atoms with Crippen LogP contribution in [-0.2, 0) is 19.4 Å². The Balaban J connectivity index is 1.80. The summed E-state index contributed by atoms with van der Waals surface area (Å²) < 4.78 is 23.1. The molecule has 0 aliphatic carbocycles. The van der Waals surface area contributed by atoms with Gasteiger partial charge in [0.15, 0.2) is 22.9 Å². The molecule has 1 aromatic rings. The smallest absolute Gasteiger partial charge is 0.279 e. The zero-order chi connectivity index (χ0) is 18.6. The van der Waals surface area contributed by atoms with Gasteiger partial charge in [0.2, 0.25) is 0 Å². The molecule has 1 saturated heterocycles. The SMILES string of the molecule is Cc1ccc(NC(=O)C[NH+](C)CC(=O)N(C)[C@H]2CCS(=O)(=O)C2)cc1. The van der Waals surface area contributed by atoms with Gasteiger partial charge < -0.3 is 15.1 Å². The van der Waals surface area contributed by atoms with Crippen molar-refractivity contribution in [3.63, 3.8) is 0 Å².